The van der Waals surface area contributed by atoms with Gasteiger partial charge >= 0.3 is 0 Å². The summed E-state index contributed by atoms with van der Waals surface area (Å²) in [6.45, 7) is 5.27. The van der Waals surface area contributed by atoms with Gasteiger partial charge in [0.15, 0.2) is 0 Å². The molecule has 1 N–H and O–H groups in total. The summed E-state index contributed by atoms with van der Waals surface area (Å²) >= 11 is 1.82. The van der Waals surface area contributed by atoms with Crippen LogP contribution in [0, 0.1) is 6.92 Å². The number of thioether (sulfide) groups is 1. The van der Waals surface area contributed by atoms with E-state index in [0.717, 1.165) is 18.1 Å². The van der Waals surface area contributed by atoms with Crippen LogP contribution in [0.1, 0.15) is 12.7 Å². The number of aryl methyl sites for hydroxylation is 1. The Hall–Kier alpha value is -1.75. The highest BCUT2D eigenvalue weighted by Gasteiger charge is 2.02. The van der Waals surface area contributed by atoms with Crippen LogP contribution >= 0.6 is 11.8 Å². The predicted molar refractivity (Wildman–Crippen MR) is 83.6 cm³/mol. The molecule has 0 amide bonds. The third kappa shape index (κ3) is 4.74. The van der Waals surface area contributed by atoms with Gasteiger partial charge in [0.05, 0.1) is 6.61 Å². The highest BCUT2D eigenvalue weighted by molar-refractivity contribution is 7.99. The summed E-state index contributed by atoms with van der Waals surface area (Å²) in [6, 6.07) is 12.2. The van der Waals surface area contributed by atoms with Crippen molar-refractivity contribution in [3.8, 4) is 5.88 Å². The molecule has 0 saturated heterocycles. The average Bonchev–Trinajstić information content (AvgIpc) is 2.45. The van der Waals surface area contributed by atoms with Gasteiger partial charge < -0.3 is 10.1 Å². The average molecular weight is 289 g/mol. The molecule has 0 aliphatic heterocycles. The van der Waals surface area contributed by atoms with Crippen molar-refractivity contribution in [3.05, 3.63) is 42.2 Å². The number of anilines is 1. The SMILES string of the molecule is CCOc1cc(NCCSc2ccccc2)nc(C)n1. The topological polar surface area (TPSA) is 47.0 Å². The van der Waals surface area contributed by atoms with E-state index in [4.69, 9.17) is 4.74 Å². The molecular formula is C15H19N3OS. The lowest BCUT2D eigenvalue weighted by Crippen LogP contribution is -2.08. The van der Waals surface area contributed by atoms with Crippen molar-refractivity contribution in [3.63, 3.8) is 0 Å². The Kier molecular flexibility index (Phi) is 5.68. The van der Waals surface area contributed by atoms with Gasteiger partial charge in [-0.05, 0) is 26.0 Å². The Morgan fingerprint density at radius 2 is 2.00 bits per heavy atom. The first-order valence-corrected chi connectivity index (χ1v) is 7.66. The summed E-state index contributed by atoms with van der Waals surface area (Å²) in [4.78, 5) is 9.85. The number of rotatable bonds is 7. The molecule has 0 atom stereocenters. The summed E-state index contributed by atoms with van der Waals surface area (Å²) in [7, 11) is 0. The molecule has 0 saturated carbocycles. The van der Waals surface area contributed by atoms with Crippen molar-refractivity contribution in [2.45, 2.75) is 18.7 Å². The van der Waals surface area contributed by atoms with Crippen LogP contribution in [0.5, 0.6) is 5.88 Å². The molecule has 2 rings (SSSR count). The van der Waals surface area contributed by atoms with Gasteiger partial charge in [0.1, 0.15) is 11.6 Å². The number of hydrogen-bond donors (Lipinski definition) is 1. The van der Waals surface area contributed by atoms with Gasteiger partial charge in [0.2, 0.25) is 5.88 Å². The second-order valence-electron chi connectivity index (χ2n) is 4.16. The van der Waals surface area contributed by atoms with E-state index in [9.17, 15) is 0 Å². The van der Waals surface area contributed by atoms with E-state index in [-0.39, 0.29) is 0 Å². The molecule has 20 heavy (non-hydrogen) atoms. The predicted octanol–water partition coefficient (Wildman–Crippen LogP) is 3.39. The van der Waals surface area contributed by atoms with E-state index in [1.807, 2.05) is 37.7 Å². The van der Waals surface area contributed by atoms with Gasteiger partial charge in [-0.3, -0.25) is 0 Å². The number of ether oxygens (including phenoxy) is 1. The van der Waals surface area contributed by atoms with E-state index in [1.54, 1.807) is 0 Å². The maximum atomic E-state index is 5.41. The Bertz CT molecular complexity index is 534. The molecule has 0 aliphatic carbocycles. The molecule has 0 radical (unpaired) electrons. The van der Waals surface area contributed by atoms with Gasteiger partial charge in [-0.25, -0.2) is 4.98 Å². The van der Waals surface area contributed by atoms with Gasteiger partial charge in [-0.2, -0.15) is 4.98 Å². The minimum Gasteiger partial charge on any atom is -0.478 e. The van der Waals surface area contributed by atoms with E-state index in [1.165, 1.54) is 4.90 Å². The second kappa shape index (κ2) is 7.75. The molecule has 4 nitrogen and oxygen atoms in total. The molecule has 1 aromatic heterocycles. The molecule has 0 fully saturated rings. The maximum Gasteiger partial charge on any atom is 0.218 e. The highest BCUT2D eigenvalue weighted by atomic mass is 32.2. The Morgan fingerprint density at radius 1 is 1.20 bits per heavy atom. The summed E-state index contributed by atoms with van der Waals surface area (Å²) in [5, 5.41) is 3.30. The number of nitrogens with one attached hydrogen (secondary N) is 1. The fraction of sp³-hybridized carbons (Fsp3) is 0.333. The maximum absolute atomic E-state index is 5.41. The molecule has 0 aliphatic rings. The highest BCUT2D eigenvalue weighted by Crippen LogP contribution is 2.17. The Labute approximate surface area is 124 Å². The van der Waals surface area contributed by atoms with Crippen molar-refractivity contribution < 1.29 is 4.74 Å². The minimum atomic E-state index is 0.611. The van der Waals surface area contributed by atoms with E-state index in [0.29, 0.717) is 18.3 Å². The Morgan fingerprint density at radius 3 is 2.75 bits per heavy atom. The zero-order valence-corrected chi connectivity index (χ0v) is 12.6. The second-order valence-corrected chi connectivity index (χ2v) is 5.33. The zero-order valence-electron chi connectivity index (χ0n) is 11.8. The standard InChI is InChI=1S/C15H19N3OS/c1-3-19-15-11-14(17-12(2)18-15)16-9-10-20-13-7-5-4-6-8-13/h4-8,11H,3,9-10H2,1-2H3,(H,16,17,18). The normalized spacial score (nSPS) is 10.3. The van der Waals surface area contributed by atoms with Gasteiger partial charge in [-0.15, -0.1) is 11.8 Å². The number of benzene rings is 1. The van der Waals surface area contributed by atoms with Crippen LogP contribution < -0.4 is 10.1 Å². The first-order valence-electron chi connectivity index (χ1n) is 6.68. The van der Waals surface area contributed by atoms with Crippen molar-refractivity contribution in [2.24, 2.45) is 0 Å². The monoisotopic (exact) mass is 289 g/mol. The fourth-order valence-corrected chi connectivity index (χ4v) is 2.51. The third-order valence-electron chi connectivity index (χ3n) is 2.53. The van der Waals surface area contributed by atoms with Crippen LogP contribution in [0.3, 0.4) is 0 Å². The van der Waals surface area contributed by atoms with Crippen molar-refractivity contribution in [1.29, 1.82) is 0 Å². The summed E-state index contributed by atoms with van der Waals surface area (Å²) in [6.07, 6.45) is 0. The quantitative estimate of drug-likeness (QED) is 0.625. The Balaban J connectivity index is 1.81. The van der Waals surface area contributed by atoms with Crippen molar-refractivity contribution in [2.75, 3.05) is 24.2 Å². The lowest BCUT2D eigenvalue weighted by molar-refractivity contribution is 0.325. The molecular weight excluding hydrogens is 270 g/mol. The lowest BCUT2D eigenvalue weighted by Gasteiger charge is -2.08. The van der Waals surface area contributed by atoms with Crippen LogP contribution in [0.4, 0.5) is 5.82 Å². The van der Waals surface area contributed by atoms with E-state index >= 15 is 0 Å². The molecule has 1 heterocycles. The molecule has 0 spiro atoms. The third-order valence-corrected chi connectivity index (χ3v) is 3.54. The first-order chi connectivity index (χ1) is 9.78. The molecule has 106 valence electrons. The molecule has 1 aromatic carbocycles. The fourth-order valence-electron chi connectivity index (χ4n) is 1.72. The first kappa shape index (κ1) is 14.7. The van der Waals surface area contributed by atoms with Crippen LogP contribution in [0.25, 0.3) is 0 Å². The van der Waals surface area contributed by atoms with Crippen LogP contribution in [0.2, 0.25) is 0 Å². The number of hydrogen-bond acceptors (Lipinski definition) is 5. The number of nitrogens with zero attached hydrogens (tertiary/aromatic N) is 2. The molecule has 0 unspecified atom stereocenters. The summed E-state index contributed by atoms with van der Waals surface area (Å²) in [5.74, 6) is 3.14. The zero-order chi connectivity index (χ0) is 14.2. The van der Waals surface area contributed by atoms with Crippen LogP contribution in [-0.4, -0.2) is 28.9 Å². The number of aromatic nitrogens is 2. The van der Waals surface area contributed by atoms with Crippen molar-refractivity contribution >= 4 is 17.6 Å². The lowest BCUT2D eigenvalue weighted by atomic mass is 10.4. The summed E-state index contributed by atoms with van der Waals surface area (Å²) < 4.78 is 5.41. The minimum absolute atomic E-state index is 0.611. The smallest absolute Gasteiger partial charge is 0.218 e. The van der Waals surface area contributed by atoms with E-state index in [2.05, 4.69) is 39.6 Å². The largest absolute Gasteiger partial charge is 0.478 e. The van der Waals surface area contributed by atoms with Gasteiger partial charge in [-0.1, -0.05) is 18.2 Å². The van der Waals surface area contributed by atoms with E-state index < -0.39 is 0 Å². The molecule has 2 aromatic rings. The summed E-state index contributed by atoms with van der Waals surface area (Å²) in [5.41, 5.74) is 0. The molecule has 0 bridgehead atoms. The van der Waals surface area contributed by atoms with Crippen LogP contribution in [0.15, 0.2) is 41.3 Å². The van der Waals surface area contributed by atoms with Gasteiger partial charge in [0, 0.05) is 23.3 Å². The van der Waals surface area contributed by atoms with Crippen molar-refractivity contribution in [1.82, 2.24) is 9.97 Å². The van der Waals surface area contributed by atoms with Crippen LogP contribution in [-0.2, 0) is 0 Å². The van der Waals surface area contributed by atoms with Gasteiger partial charge in [0.25, 0.3) is 0 Å². The molecule has 5 heteroatoms.